The second kappa shape index (κ2) is 14.7. The van der Waals surface area contributed by atoms with E-state index in [4.69, 9.17) is 4.74 Å². The zero-order valence-electron chi connectivity index (χ0n) is 19.5. The molecule has 0 aliphatic carbocycles. The molecule has 7 nitrogen and oxygen atoms in total. The molecule has 0 radical (unpaired) electrons. The Bertz CT molecular complexity index is 872. The summed E-state index contributed by atoms with van der Waals surface area (Å²) in [7, 11) is 3.45. The lowest BCUT2D eigenvalue weighted by Crippen LogP contribution is -2.43. The average molecular weight is 566 g/mol. The van der Waals surface area contributed by atoms with Gasteiger partial charge >= 0.3 is 0 Å². The van der Waals surface area contributed by atoms with Gasteiger partial charge in [0, 0.05) is 33.1 Å². The Kier molecular flexibility index (Phi) is 12.0. The molecule has 1 heterocycles. The van der Waals surface area contributed by atoms with Gasteiger partial charge < -0.3 is 20.7 Å². The van der Waals surface area contributed by atoms with Gasteiger partial charge in [-0.3, -0.25) is 14.7 Å². The van der Waals surface area contributed by atoms with Crippen LogP contribution in [0.5, 0.6) is 5.75 Å². The lowest BCUT2D eigenvalue weighted by molar-refractivity contribution is -0.121. The monoisotopic (exact) mass is 565 g/mol. The number of carbonyl (C=O) groups is 1. The maximum atomic E-state index is 12.1. The minimum absolute atomic E-state index is 0. The number of guanidine groups is 1. The van der Waals surface area contributed by atoms with Crippen LogP contribution in [0, 0.1) is 0 Å². The number of hydrogen-bond acceptors (Lipinski definition) is 4. The fourth-order valence-corrected chi connectivity index (χ4v) is 3.95. The molecule has 1 unspecified atom stereocenters. The second-order valence-corrected chi connectivity index (χ2v) is 7.93. The largest absolute Gasteiger partial charge is 0.497 e. The number of ether oxygens (including phenoxy) is 1. The Balaban J connectivity index is 0.00000385. The fraction of sp³-hybridized carbons (Fsp3) is 0.440. The van der Waals surface area contributed by atoms with Crippen molar-refractivity contribution < 1.29 is 9.53 Å². The van der Waals surface area contributed by atoms with Crippen molar-refractivity contribution in [1.82, 2.24) is 20.9 Å². The van der Waals surface area contributed by atoms with Crippen LogP contribution in [0.1, 0.15) is 36.4 Å². The van der Waals surface area contributed by atoms with E-state index in [1.807, 2.05) is 42.5 Å². The molecule has 1 aliphatic rings. The molecule has 0 aromatic heterocycles. The highest BCUT2D eigenvalue weighted by Gasteiger charge is 2.24. The van der Waals surface area contributed by atoms with Gasteiger partial charge in [0.15, 0.2) is 5.96 Å². The number of methoxy groups -OCH3 is 1. The number of rotatable bonds is 10. The van der Waals surface area contributed by atoms with Gasteiger partial charge in [0.05, 0.1) is 13.2 Å². The fourth-order valence-electron chi connectivity index (χ4n) is 3.95. The van der Waals surface area contributed by atoms with Gasteiger partial charge in [-0.1, -0.05) is 42.5 Å². The van der Waals surface area contributed by atoms with Crippen molar-refractivity contribution in [2.24, 2.45) is 4.99 Å². The van der Waals surface area contributed by atoms with Crippen LogP contribution in [0.2, 0.25) is 0 Å². The first-order valence-corrected chi connectivity index (χ1v) is 11.3. The van der Waals surface area contributed by atoms with E-state index in [0.717, 1.165) is 30.9 Å². The Labute approximate surface area is 214 Å². The van der Waals surface area contributed by atoms with Crippen LogP contribution < -0.4 is 20.7 Å². The molecule has 1 aliphatic heterocycles. The van der Waals surface area contributed by atoms with Gasteiger partial charge in [-0.15, -0.1) is 24.0 Å². The van der Waals surface area contributed by atoms with E-state index in [9.17, 15) is 4.79 Å². The summed E-state index contributed by atoms with van der Waals surface area (Å²) in [5.74, 6) is 1.59. The molecule has 33 heavy (non-hydrogen) atoms. The molecule has 1 fully saturated rings. The smallest absolute Gasteiger partial charge is 0.222 e. The van der Waals surface area contributed by atoms with E-state index in [-0.39, 0.29) is 35.9 Å². The van der Waals surface area contributed by atoms with E-state index < -0.39 is 0 Å². The van der Waals surface area contributed by atoms with Crippen molar-refractivity contribution in [2.45, 2.75) is 31.8 Å². The van der Waals surface area contributed by atoms with Gasteiger partial charge in [0.1, 0.15) is 5.75 Å². The highest BCUT2D eigenvalue weighted by molar-refractivity contribution is 14.0. The Morgan fingerprint density at radius 3 is 2.52 bits per heavy atom. The maximum absolute atomic E-state index is 12.1. The molecule has 8 heteroatoms. The summed E-state index contributed by atoms with van der Waals surface area (Å²) < 4.78 is 5.43. The lowest BCUT2D eigenvalue weighted by atomic mass is 10.1. The molecule has 2 aromatic carbocycles. The third-order valence-corrected chi connectivity index (χ3v) is 5.72. The van der Waals surface area contributed by atoms with E-state index in [2.05, 4.69) is 38.0 Å². The number of benzene rings is 2. The van der Waals surface area contributed by atoms with E-state index in [0.29, 0.717) is 25.5 Å². The van der Waals surface area contributed by atoms with Crippen LogP contribution in [0.25, 0.3) is 0 Å². The summed E-state index contributed by atoms with van der Waals surface area (Å²) in [4.78, 5) is 19.0. The number of likely N-dealkylation sites (tertiary alicyclic amines) is 1. The summed E-state index contributed by atoms with van der Waals surface area (Å²) in [5, 5.41) is 9.64. The molecule has 180 valence electrons. The normalized spacial score (nSPS) is 14.8. The van der Waals surface area contributed by atoms with Gasteiger partial charge in [-0.25, -0.2) is 0 Å². The number of nitrogens with zero attached hydrogens (tertiary/aromatic N) is 2. The summed E-state index contributed by atoms with van der Waals surface area (Å²) in [6.07, 6.45) is 2.84. The number of nitrogens with one attached hydrogen (secondary N) is 3. The number of hydrogen-bond donors (Lipinski definition) is 3. The zero-order chi connectivity index (χ0) is 22.6. The van der Waals surface area contributed by atoms with Crippen LogP contribution >= 0.6 is 24.0 Å². The molecular weight excluding hydrogens is 529 g/mol. The molecule has 2 aromatic rings. The minimum atomic E-state index is 0. The van der Waals surface area contributed by atoms with Crippen LogP contribution in [-0.4, -0.2) is 57.1 Å². The van der Waals surface area contributed by atoms with E-state index in [1.165, 1.54) is 18.4 Å². The van der Waals surface area contributed by atoms with Gasteiger partial charge in [-0.05, 0) is 49.2 Å². The Morgan fingerprint density at radius 2 is 1.82 bits per heavy atom. The summed E-state index contributed by atoms with van der Waals surface area (Å²) in [6.45, 7) is 3.99. The predicted octanol–water partition coefficient (Wildman–Crippen LogP) is 3.32. The van der Waals surface area contributed by atoms with Crippen molar-refractivity contribution in [3.8, 4) is 5.75 Å². The molecule has 1 amide bonds. The first kappa shape index (κ1) is 26.9. The molecule has 0 bridgehead atoms. The third-order valence-electron chi connectivity index (χ3n) is 5.72. The van der Waals surface area contributed by atoms with Crippen LogP contribution in [0.15, 0.2) is 59.6 Å². The van der Waals surface area contributed by atoms with E-state index >= 15 is 0 Å². The van der Waals surface area contributed by atoms with Gasteiger partial charge in [0.2, 0.25) is 5.91 Å². The van der Waals surface area contributed by atoms with Crippen molar-refractivity contribution in [3.05, 3.63) is 65.7 Å². The third kappa shape index (κ3) is 8.85. The molecular formula is C25H36IN5O2. The number of carbonyl (C=O) groups excluding carboxylic acids is 1. The molecule has 0 saturated carbocycles. The predicted molar refractivity (Wildman–Crippen MR) is 144 cm³/mol. The lowest BCUT2D eigenvalue weighted by Gasteiger charge is -2.29. The summed E-state index contributed by atoms with van der Waals surface area (Å²) >= 11 is 0. The van der Waals surface area contributed by atoms with Gasteiger partial charge in [-0.2, -0.15) is 0 Å². The second-order valence-electron chi connectivity index (χ2n) is 7.93. The first-order chi connectivity index (χ1) is 15.7. The number of halogens is 1. The molecule has 1 atom stereocenters. The molecule has 3 rings (SSSR count). The first-order valence-electron chi connectivity index (χ1n) is 11.3. The van der Waals surface area contributed by atoms with Crippen molar-refractivity contribution >= 4 is 35.8 Å². The molecule has 3 N–H and O–H groups in total. The zero-order valence-corrected chi connectivity index (χ0v) is 21.9. The quantitative estimate of drug-likeness (QED) is 0.234. The van der Waals surface area contributed by atoms with E-state index in [1.54, 1.807) is 14.2 Å². The Hall–Kier alpha value is -2.33. The average Bonchev–Trinajstić information content (AvgIpc) is 3.37. The maximum Gasteiger partial charge on any atom is 0.222 e. The van der Waals surface area contributed by atoms with Crippen molar-refractivity contribution in [3.63, 3.8) is 0 Å². The molecule has 0 spiro atoms. The van der Waals surface area contributed by atoms with Crippen LogP contribution in [0.3, 0.4) is 0 Å². The topological polar surface area (TPSA) is 78.0 Å². The summed E-state index contributed by atoms with van der Waals surface area (Å²) in [5.41, 5.74) is 2.33. The van der Waals surface area contributed by atoms with Crippen LogP contribution in [0.4, 0.5) is 0 Å². The van der Waals surface area contributed by atoms with Crippen LogP contribution in [-0.2, 0) is 11.3 Å². The summed E-state index contributed by atoms with van der Waals surface area (Å²) in [6, 6.07) is 18.4. The minimum Gasteiger partial charge on any atom is -0.497 e. The standard InChI is InChI=1S/C25H35N5O2.HI/c1-26-25(27-14-13-24(31)28-18-20-9-4-3-5-10-20)29-19-23(30-15-6-7-16-30)21-11-8-12-22(17-21)32-2;/h3-5,8-12,17,23H,6-7,13-16,18-19H2,1-2H3,(H,28,31)(H2,26,27,29);1H. The Morgan fingerprint density at radius 1 is 1.06 bits per heavy atom. The highest BCUT2D eigenvalue weighted by Crippen LogP contribution is 2.27. The number of amides is 1. The van der Waals surface area contributed by atoms with Crippen molar-refractivity contribution in [2.75, 3.05) is 40.3 Å². The SMILES string of the molecule is CN=C(NCCC(=O)NCc1ccccc1)NCC(c1cccc(OC)c1)N1CCCC1.I. The molecule has 1 saturated heterocycles. The van der Waals surface area contributed by atoms with Crippen molar-refractivity contribution in [1.29, 1.82) is 0 Å². The highest BCUT2D eigenvalue weighted by atomic mass is 127. The van der Waals surface area contributed by atoms with Gasteiger partial charge in [0.25, 0.3) is 0 Å². The number of aliphatic imine (C=N–C) groups is 1.